The van der Waals surface area contributed by atoms with Crippen LogP contribution in [0.15, 0.2) is 108 Å². The molecule has 5 aromatic rings. The van der Waals surface area contributed by atoms with E-state index in [1.165, 1.54) is 23.9 Å². The van der Waals surface area contributed by atoms with E-state index in [-0.39, 0.29) is 12.4 Å². The van der Waals surface area contributed by atoms with Gasteiger partial charge in [-0.05, 0) is 73.5 Å². The molecule has 10 heteroatoms. The minimum atomic E-state index is -0.551. The van der Waals surface area contributed by atoms with Crippen molar-refractivity contribution in [1.29, 1.82) is 0 Å². The van der Waals surface area contributed by atoms with Gasteiger partial charge in [0.1, 0.15) is 5.82 Å². The highest BCUT2D eigenvalue weighted by Gasteiger charge is 2.25. The zero-order valence-corrected chi connectivity index (χ0v) is 25.2. The van der Waals surface area contributed by atoms with Gasteiger partial charge >= 0.3 is 12.0 Å². The minimum absolute atomic E-state index is 0.281. The van der Waals surface area contributed by atoms with Crippen molar-refractivity contribution in [3.05, 3.63) is 137 Å². The number of carbonyl (C=O) groups is 2. The average Bonchev–Trinajstić information content (AvgIpc) is 3.46. The molecule has 1 heterocycles. The first-order valence-corrected chi connectivity index (χ1v) is 15.2. The van der Waals surface area contributed by atoms with Gasteiger partial charge in [0.15, 0.2) is 11.0 Å². The van der Waals surface area contributed by atoms with Gasteiger partial charge < -0.3 is 15.4 Å². The third kappa shape index (κ3) is 7.90. The standard InChI is InChI=1S/C34H32FN5O3S/c1-3-43-32(41)26-13-17-28(18-14-26)36-33(42)37-30(21-24-7-5-4-6-8-24)31-38-39-34(40(31)29-19-9-23(2)10-20-29)44-22-25-11-15-27(35)16-12-25/h4-20,30H,3,21-22H2,1-2H3,(H2,36,37,42)/t30-/m1/s1. The maximum Gasteiger partial charge on any atom is 0.338 e. The van der Waals surface area contributed by atoms with Crippen molar-refractivity contribution in [2.75, 3.05) is 11.9 Å². The fourth-order valence-corrected chi connectivity index (χ4v) is 5.47. The predicted molar refractivity (Wildman–Crippen MR) is 169 cm³/mol. The van der Waals surface area contributed by atoms with E-state index in [9.17, 15) is 14.0 Å². The van der Waals surface area contributed by atoms with E-state index < -0.39 is 18.0 Å². The van der Waals surface area contributed by atoms with Crippen molar-refractivity contribution in [2.45, 2.75) is 37.2 Å². The molecule has 0 saturated carbocycles. The van der Waals surface area contributed by atoms with Gasteiger partial charge in [0.05, 0.1) is 18.2 Å². The quantitative estimate of drug-likeness (QED) is 0.121. The topological polar surface area (TPSA) is 98.1 Å². The van der Waals surface area contributed by atoms with Crippen LogP contribution in [0.2, 0.25) is 0 Å². The molecule has 44 heavy (non-hydrogen) atoms. The molecule has 1 aromatic heterocycles. The normalized spacial score (nSPS) is 11.5. The molecule has 0 bridgehead atoms. The number of ether oxygens (including phenoxy) is 1. The molecule has 0 saturated heterocycles. The van der Waals surface area contributed by atoms with E-state index in [4.69, 9.17) is 4.74 Å². The van der Waals surface area contributed by atoms with Crippen LogP contribution in [0.5, 0.6) is 0 Å². The Morgan fingerprint density at radius 1 is 0.886 bits per heavy atom. The Bertz CT molecular complexity index is 1690. The maximum absolute atomic E-state index is 13.5. The highest BCUT2D eigenvalue weighted by molar-refractivity contribution is 7.98. The lowest BCUT2D eigenvalue weighted by Gasteiger charge is -2.21. The molecule has 2 N–H and O–H groups in total. The number of amides is 2. The molecular weight excluding hydrogens is 577 g/mol. The third-order valence-corrected chi connectivity index (χ3v) is 7.79. The van der Waals surface area contributed by atoms with Gasteiger partial charge in [0, 0.05) is 23.5 Å². The van der Waals surface area contributed by atoms with E-state index in [0.717, 1.165) is 22.4 Å². The van der Waals surface area contributed by atoms with Crippen LogP contribution in [0.1, 0.15) is 45.8 Å². The lowest BCUT2D eigenvalue weighted by molar-refractivity contribution is 0.0526. The Morgan fingerprint density at radius 3 is 2.27 bits per heavy atom. The second kappa shape index (κ2) is 14.5. The van der Waals surface area contributed by atoms with Crippen LogP contribution in [-0.4, -0.2) is 33.4 Å². The summed E-state index contributed by atoms with van der Waals surface area (Å²) in [5, 5.41) is 15.7. The molecule has 0 aliphatic heterocycles. The summed E-state index contributed by atoms with van der Waals surface area (Å²) in [7, 11) is 0. The molecule has 8 nitrogen and oxygen atoms in total. The number of anilines is 1. The number of esters is 1. The van der Waals surface area contributed by atoms with E-state index >= 15 is 0 Å². The van der Waals surface area contributed by atoms with Gasteiger partial charge in [-0.25, -0.2) is 14.0 Å². The van der Waals surface area contributed by atoms with E-state index in [1.54, 1.807) is 43.3 Å². The number of hydrogen-bond acceptors (Lipinski definition) is 6. The van der Waals surface area contributed by atoms with Crippen LogP contribution in [-0.2, 0) is 16.9 Å². The van der Waals surface area contributed by atoms with Gasteiger partial charge in [-0.15, -0.1) is 10.2 Å². The molecular formula is C34H32FN5O3S. The number of hydrogen-bond donors (Lipinski definition) is 2. The van der Waals surface area contributed by atoms with Gasteiger partial charge in [-0.1, -0.05) is 71.9 Å². The number of aryl methyl sites for hydroxylation is 1. The minimum Gasteiger partial charge on any atom is -0.462 e. The first kappa shape index (κ1) is 30.5. The molecule has 5 rings (SSSR count). The largest absolute Gasteiger partial charge is 0.462 e. The molecule has 2 amide bonds. The maximum atomic E-state index is 13.5. The number of thioether (sulfide) groups is 1. The zero-order valence-electron chi connectivity index (χ0n) is 24.4. The predicted octanol–water partition coefficient (Wildman–Crippen LogP) is 7.29. The van der Waals surface area contributed by atoms with Crippen molar-refractivity contribution in [3.63, 3.8) is 0 Å². The van der Waals surface area contributed by atoms with E-state index in [2.05, 4.69) is 20.8 Å². The zero-order chi connectivity index (χ0) is 30.9. The number of carbonyl (C=O) groups excluding carboxylic acids is 2. The SMILES string of the molecule is CCOC(=O)c1ccc(NC(=O)N[C@H](Cc2ccccc2)c2nnc(SCc3ccc(F)cc3)n2-c2ccc(C)cc2)cc1. The van der Waals surface area contributed by atoms with Crippen LogP contribution in [0.3, 0.4) is 0 Å². The smallest absolute Gasteiger partial charge is 0.338 e. The highest BCUT2D eigenvalue weighted by atomic mass is 32.2. The molecule has 0 unspecified atom stereocenters. The fourth-order valence-electron chi connectivity index (χ4n) is 4.55. The number of rotatable bonds is 11. The highest BCUT2D eigenvalue weighted by Crippen LogP contribution is 2.29. The van der Waals surface area contributed by atoms with Gasteiger partial charge in [0.2, 0.25) is 0 Å². The van der Waals surface area contributed by atoms with Crippen molar-refractivity contribution >= 4 is 29.4 Å². The molecule has 0 aliphatic rings. The van der Waals surface area contributed by atoms with Crippen LogP contribution in [0.25, 0.3) is 5.69 Å². The van der Waals surface area contributed by atoms with Gasteiger partial charge in [-0.3, -0.25) is 4.57 Å². The molecule has 224 valence electrons. The van der Waals surface area contributed by atoms with E-state index in [1.807, 2.05) is 66.1 Å². The van der Waals surface area contributed by atoms with Gasteiger partial charge in [0.25, 0.3) is 0 Å². The first-order chi connectivity index (χ1) is 21.4. The van der Waals surface area contributed by atoms with Crippen LogP contribution < -0.4 is 10.6 Å². The van der Waals surface area contributed by atoms with Crippen molar-refractivity contribution in [1.82, 2.24) is 20.1 Å². The third-order valence-electron chi connectivity index (χ3n) is 6.79. The fraction of sp³-hybridized carbons (Fsp3) is 0.176. The number of benzene rings is 4. The van der Waals surface area contributed by atoms with Crippen LogP contribution in [0, 0.1) is 12.7 Å². The van der Waals surface area contributed by atoms with Crippen molar-refractivity contribution in [2.24, 2.45) is 0 Å². The average molecular weight is 610 g/mol. The summed E-state index contributed by atoms with van der Waals surface area (Å²) in [5.41, 5.74) is 4.84. The number of nitrogens with zero attached hydrogens (tertiary/aromatic N) is 3. The Balaban J connectivity index is 1.44. The Hall–Kier alpha value is -4.96. The van der Waals surface area contributed by atoms with Crippen molar-refractivity contribution in [3.8, 4) is 5.69 Å². The van der Waals surface area contributed by atoms with Crippen LogP contribution in [0.4, 0.5) is 14.9 Å². The summed E-state index contributed by atoms with van der Waals surface area (Å²) >= 11 is 1.48. The second-order valence-corrected chi connectivity index (χ2v) is 11.0. The van der Waals surface area contributed by atoms with Crippen LogP contribution >= 0.6 is 11.8 Å². The molecule has 4 aromatic carbocycles. The summed E-state index contributed by atoms with van der Waals surface area (Å²) in [5.74, 6) is 0.414. The summed E-state index contributed by atoms with van der Waals surface area (Å²) < 4.78 is 20.5. The molecule has 0 fully saturated rings. The molecule has 0 spiro atoms. The molecule has 0 radical (unpaired) electrons. The summed E-state index contributed by atoms with van der Waals surface area (Å²) in [6, 6.07) is 29.8. The number of nitrogens with one attached hydrogen (secondary N) is 2. The molecule has 0 aliphatic carbocycles. The van der Waals surface area contributed by atoms with Gasteiger partial charge in [-0.2, -0.15) is 0 Å². The summed E-state index contributed by atoms with van der Waals surface area (Å²) in [4.78, 5) is 25.3. The monoisotopic (exact) mass is 609 g/mol. The van der Waals surface area contributed by atoms with E-state index in [0.29, 0.717) is 34.4 Å². The Kier molecular flexibility index (Phi) is 10.0. The Labute approximate surface area is 259 Å². The lowest BCUT2D eigenvalue weighted by atomic mass is 10.1. The number of aromatic nitrogens is 3. The first-order valence-electron chi connectivity index (χ1n) is 14.2. The lowest BCUT2D eigenvalue weighted by Crippen LogP contribution is -2.35. The van der Waals surface area contributed by atoms with Crippen molar-refractivity contribution < 1.29 is 18.7 Å². The number of halogens is 1. The molecule has 1 atom stereocenters. The second-order valence-electron chi connectivity index (χ2n) is 10.1. The summed E-state index contributed by atoms with van der Waals surface area (Å²) in [6.07, 6.45) is 0.461. The summed E-state index contributed by atoms with van der Waals surface area (Å²) in [6.45, 7) is 4.05. The number of urea groups is 1. The Morgan fingerprint density at radius 2 is 1.59 bits per heavy atom.